The zero-order chi connectivity index (χ0) is 21.8. The Kier molecular flexibility index (Phi) is 6.57. The van der Waals surface area contributed by atoms with Crippen LogP contribution in [0.5, 0.6) is 5.75 Å². The summed E-state index contributed by atoms with van der Waals surface area (Å²) in [6.07, 6.45) is 2.14. The molecule has 1 amide bonds. The first-order valence-corrected chi connectivity index (χ1v) is 11.0. The molecule has 1 fully saturated rings. The van der Waals surface area contributed by atoms with Gasteiger partial charge in [0.15, 0.2) is 11.0 Å². The fourth-order valence-electron chi connectivity index (χ4n) is 3.34. The van der Waals surface area contributed by atoms with Gasteiger partial charge in [-0.2, -0.15) is 0 Å². The quantitative estimate of drug-likeness (QED) is 0.527. The summed E-state index contributed by atoms with van der Waals surface area (Å²) < 4.78 is 18.2. The van der Waals surface area contributed by atoms with Crippen LogP contribution in [0.2, 0.25) is 0 Å². The van der Waals surface area contributed by atoms with E-state index < -0.39 is 5.25 Å². The predicted molar refractivity (Wildman–Crippen MR) is 116 cm³/mol. The Morgan fingerprint density at radius 3 is 2.81 bits per heavy atom. The van der Waals surface area contributed by atoms with Crippen LogP contribution in [-0.2, 0) is 16.1 Å². The second-order valence-corrected chi connectivity index (χ2v) is 8.67. The molecule has 1 aliphatic rings. The zero-order valence-electron chi connectivity index (χ0n) is 17.7. The topological polar surface area (TPSA) is 104 Å². The molecule has 1 saturated heterocycles. The number of ether oxygens (including phenoxy) is 2. The lowest BCUT2D eigenvalue weighted by atomic mass is 10.2. The van der Waals surface area contributed by atoms with Gasteiger partial charge in [-0.1, -0.05) is 16.9 Å². The Morgan fingerprint density at radius 1 is 1.35 bits per heavy atom. The summed E-state index contributed by atoms with van der Waals surface area (Å²) in [6, 6.07) is 9.36. The summed E-state index contributed by atoms with van der Waals surface area (Å²) in [6.45, 7) is 5.02. The molecule has 0 saturated carbocycles. The normalized spacial score (nSPS) is 16.9. The van der Waals surface area contributed by atoms with Gasteiger partial charge in [-0.05, 0) is 51.0 Å². The Labute approximate surface area is 184 Å². The third-order valence-electron chi connectivity index (χ3n) is 5.00. The van der Waals surface area contributed by atoms with Crippen molar-refractivity contribution in [3.05, 3.63) is 36.0 Å². The van der Waals surface area contributed by atoms with Crippen LogP contribution in [0.25, 0.3) is 11.4 Å². The highest BCUT2D eigenvalue weighted by atomic mass is 32.2. The van der Waals surface area contributed by atoms with Crippen molar-refractivity contribution in [2.24, 2.45) is 0 Å². The molecule has 1 N–H and O–H groups in total. The number of nitrogens with zero attached hydrogens (tertiary/aromatic N) is 4. The molecule has 3 heterocycles. The third-order valence-corrected chi connectivity index (χ3v) is 6.08. The van der Waals surface area contributed by atoms with Gasteiger partial charge in [0.1, 0.15) is 5.75 Å². The monoisotopic (exact) mass is 443 g/mol. The fraction of sp³-hybridized carbons (Fsp3) is 0.429. The van der Waals surface area contributed by atoms with Crippen molar-refractivity contribution in [1.82, 2.24) is 19.9 Å². The Bertz CT molecular complexity index is 1030. The summed E-state index contributed by atoms with van der Waals surface area (Å²) in [7, 11) is 1.64. The maximum Gasteiger partial charge on any atom is 0.240 e. The molecule has 1 aliphatic heterocycles. The Balaban J connectivity index is 1.55. The standard InChI is InChI=1S/C21H25N5O4S/c1-13-11-18(30-25-13)22-20(27)14(2)31-21-24-23-19(15-6-8-16(28-3)9-7-15)26(21)12-17-5-4-10-29-17/h6-9,11,14,17H,4-5,10,12H2,1-3H3,(H,22,27)/t14-,17+/m1/s1. The molecule has 10 heteroatoms. The van der Waals surface area contributed by atoms with Gasteiger partial charge in [0.25, 0.3) is 0 Å². The van der Waals surface area contributed by atoms with Crippen LogP contribution in [0.15, 0.2) is 40.0 Å². The molecule has 0 radical (unpaired) electrons. The molecular formula is C21H25N5O4S. The van der Waals surface area contributed by atoms with Gasteiger partial charge < -0.3 is 14.0 Å². The van der Waals surface area contributed by atoms with Crippen LogP contribution >= 0.6 is 11.8 Å². The minimum Gasteiger partial charge on any atom is -0.497 e. The third kappa shape index (κ3) is 5.08. The Hall–Kier alpha value is -2.85. The number of benzene rings is 1. The van der Waals surface area contributed by atoms with Gasteiger partial charge in [-0.3, -0.25) is 14.7 Å². The lowest BCUT2D eigenvalue weighted by molar-refractivity contribution is -0.115. The number of thioether (sulfide) groups is 1. The molecule has 0 bridgehead atoms. The van der Waals surface area contributed by atoms with Crippen molar-refractivity contribution in [3.63, 3.8) is 0 Å². The van der Waals surface area contributed by atoms with E-state index >= 15 is 0 Å². The second kappa shape index (κ2) is 9.52. The maximum absolute atomic E-state index is 12.6. The summed E-state index contributed by atoms with van der Waals surface area (Å²) >= 11 is 1.35. The SMILES string of the molecule is COc1ccc(-c2nnc(S[C@H](C)C(=O)Nc3cc(C)no3)n2C[C@@H]2CCCO2)cc1. The molecule has 164 valence electrons. The van der Waals surface area contributed by atoms with Gasteiger partial charge in [0.2, 0.25) is 11.8 Å². The van der Waals surface area contributed by atoms with Crippen molar-refractivity contribution in [2.75, 3.05) is 19.0 Å². The molecule has 0 spiro atoms. The summed E-state index contributed by atoms with van der Waals surface area (Å²) in [5.74, 6) is 1.64. The summed E-state index contributed by atoms with van der Waals surface area (Å²) in [4.78, 5) is 12.6. The van der Waals surface area contributed by atoms with E-state index in [0.29, 0.717) is 23.3 Å². The highest BCUT2D eigenvalue weighted by Crippen LogP contribution is 2.30. The van der Waals surface area contributed by atoms with E-state index in [1.165, 1.54) is 11.8 Å². The van der Waals surface area contributed by atoms with Crippen LogP contribution in [0, 0.1) is 6.92 Å². The van der Waals surface area contributed by atoms with E-state index in [-0.39, 0.29) is 12.0 Å². The highest BCUT2D eigenvalue weighted by molar-refractivity contribution is 8.00. The average molecular weight is 444 g/mol. The minimum absolute atomic E-state index is 0.105. The molecule has 1 aromatic carbocycles. The van der Waals surface area contributed by atoms with Crippen molar-refractivity contribution in [3.8, 4) is 17.1 Å². The zero-order valence-corrected chi connectivity index (χ0v) is 18.5. The molecule has 9 nitrogen and oxygen atoms in total. The fourth-order valence-corrected chi connectivity index (χ4v) is 4.20. The average Bonchev–Trinajstić information content (AvgIpc) is 3.51. The van der Waals surface area contributed by atoms with Crippen LogP contribution in [0.1, 0.15) is 25.5 Å². The minimum atomic E-state index is -0.415. The van der Waals surface area contributed by atoms with Gasteiger partial charge in [0, 0.05) is 18.2 Å². The van der Waals surface area contributed by atoms with E-state index in [1.54, 1.807) is 20.1 Å². The number of carbonyl (C=O) groups is 1. The number of rotatable bonds is 8. The van der Waals surface area contributed by atoms with Gasteiger partial charge in [0.05, 0.1) is 30.7 Å². The van der Waals surface area contributed by atoms with E-state index in [1.807, 2.05) is 35.8 Å². The van der Waals surface area contributed by atoms with Crippen LogP contribution in [0.4, 0.5) is 5.88 Å². The molecule has 0 unspecified atom stereocenters. The van der Waals surface area contributed by atoms with Gasteiger partial charge in [-0.15, -0.1) is 10.2 Å². The van der Waals surface area contributed by atoms with Crippen molar-refractivity contribution in [2.45, 2.75) is 49.7 Å². The number of nitrogens with one attached hydrogen (secondary N) is 1. The van der Waals surface area contributed by atoms with Crippen LogP contribution in [0.3, 0.4) is 0 Å². The molecule has 2 atom stereocenters. The van der Waals surface area contributed by atoms with Crippen molar-refractivity contribution in [1.29, 1.82) is 0 Å². The Morgan fingerprint density at radius 2 is 2.16 bits per heavy atom. The second-order valence-electron chi connectivity index (χ2n) is 7.36. The van der Waals surface area contributed by atoms with E-state index in [9.17, 15) is 4.79 Å². The number of methoxy groups -OCH3 is 1. The number of aromatic nitrogens is 4. The summed E-state index contributed by atoms with van der Waals surface area (Å²) in [5.41, 5.74) is 1.63. The number of hydrogen-bond donors (Lipinski definition) is 1. The van der Waals surface area contributed by atoms with E-state index in [0.717, 1.165) is 36.6 Å². The first kappa shape index (κ1) is 21.4. The molecule has 0 aliphatic carbocycles. The molecular weight excluding hydrogens is 418 g/mol. The molecule has 31 heavy (non-hydrogen) atoms. The number of aryl methyl sites for hydroxylation is 1. The number of hydrogen-bond acceptors (Lipinski definition) is 8. The maximum atomic E-state index is 12.6. The van der Waals surface area contributed by atoms with Gasteiger partial charge in [-0.25, -0.2) is 0 Å². The van der Waals surface area contributed by atoms with E-state index in [4.69, 9.17) is 14.0 Å². The van der Waals surface area contributed by atoms with Crippen LogP contribution < -0.4 is 10.1 Å². The lowest BCUT2D eigenvalue weighted by Crippen LogP contribution is -2.23. The number of amides is 1. The first-order valence-electron chi connectivity index (χ1n) is 10.1. The van der Waals surface area contributed by atoms with Crippen molar-refractivity contribution < 1.29 is 18.8 Å². The molecule has 4 rings (SSSR count). The number of anilines is 1. The largest absolute Gasteiger partial charge is 0.497 e. The predicted octanol–water partition coefficient (Wildman–Crippen LogP) is 3.55. The van der Waals surface area contributed by atoms with Gasteiger partial charge >= 0.3 is 0 Å². The van der Waals surface area contributed by atoms with E-state index in [2.05, 4.69) is 20.7 Å². The smallest absolute Gasteiger partial charge is 0.240 e. The number of carbonyl (C=O) groups excluding carboxylic acids is 1. The lowest BCUT2D eigenvalue weighted by Gasteiger charge is -2.16. The summed E-state index contributed by atoms with van der Waals surface area (Å²) in [5, 5.41) is 15.6. The first-order chi connectivity index (χ1) is 15.0. The molecule has 2 aromatic heterocycles. The highest BCUT2D eigenvalue weighted by Gasteiger charge is 2.25. The van der Waals surface area contributed by atoms with Crippen molar-refractivity contribution >= 4 is 23.6 Å². The van der Waals surface area contributed by atoms with Crippen LogP contribution in [-0.4, -0.2) is 50.9 Å². The molecule has 3 aromatic rings.